The second kappa shape index (κ2) is 7.23. The minimum atomic E-state index is 0.713. The number of nitrogens with one attached hydrogen (secondary N) is 1. The fraction of sp³-hybridized carbons (Fsp3) is 0.105. The van der Waals surface area contributed by atoms with Crippen molar-refractivity contribution in [1.29, 1.82) is 0 Å². The van der Waals surface area contributed by atoms with Gasteiger partial charge in [-0.25, -0.2) is 9.97 Å². The normalized spacial score (nSPS) is 11.3. The van der Waals surface area contributed by atoms with E-state index < -0.39 is 0 Å². The number of hydrogen-bond donors (Lipinski definition) is 1. The van der Waals surface area contributed by atoms with Gasteiger partial charge in [-0.2, -0.15) is 5.10 Å². The molecule has 5 nitrogen and oxygen atoms in total. The zero-order chi connectivity index (χ0) is 17.9. The zero-order valence-electron chi connectivity index (χ0n) is 14.3. The molecule has 4 aromatic rings. The summed E-state index contributed by atoms with van der Waals surface area (Å²) in [5.74, 6) is 1.55. The number of methoxy groups -OCH3 is 1. The molecule has 0 saturated carbocycles. The van der Waals surface area contributed by atoms with Crippen molar-refractivity contribution in [3.8, 4) is 16.2 Å². The third kappa shape index (κ3) is 3.18. The Bertz CT molecular complexity index is 1070. The first-order valence-corrected chi connectivity index (χ1v) is 9.67. The maximum atomic E-state index is 5.35. The SMILES string of the molecule is COc1cccc(-c2sc3c(N/N=C/c4cccs4)ncnc3c2C)c1. The Morgan fingerprint density at radius 2 is 2.12 bits per heavy atom. The van der Waals surface area contributed by atoms with E-state index in [0.717, 1.165) is 36.8 Å². The average molecular weight is 380 g/mol. The maximum absolute atomic E-state index is 5.35. The smallest absolute Gasteiger partial charge is 0.167 e. The van der Waals surface area contributed by atoms with Gasteiger partial charge in [-0.05, 0) is 41.6 Å². The lowest BCUT2D eigenvalue weighted by Crippen LogP contribution is -1.93. The average Bonchev–Trinajstić information content (AvgIpc) is 3.31. The molecule has 3 aromatic heterocycles. The highest BCUT2D eigenvalue weighted by Crippen LogP contribution is 2.40. The Hall–Kier alpha value is -2.77. The Balaban J connectivity index is 1.72. The molecule has 1 N–H and O–H groups in total. The molecule has 0 aliphatic carbocycles. The van der Waals surface area contributed by atoms with Gasteiger partial charge in [-0.1, -0.05) is 18.2 Å². The van der Waals surface area contributed by atoms with Gasteiger partial charge in [0.25, 0.3) is 0 Å². The van der Waals surface area contributed by atoms with Gasteiger partial charge >= 0.3 is 0 Å². The first kappa shape index (κ1) is 16.7. The monoisotopic (exact) mass is 380 g/mol. The number of benzene rings is 1. The van der Waals surface area contributed by atoms with Crippen molar-refractivity contribution < 1.29 is 4.74 Å². The molecule has 0 aliphatic rings. The summed E-state index contributed by atoms with van der Waals surface area (Å²) in [5, 5.41) is 6.33. The van der Waals surface area contributed by atoms with Crippen molar-refractivity contribution in [3.05, 3.63) is 58.5 Å². The van der Waals surface area contributed by atoms with Crippen LogP contribution in [0.3, 0.4) is 0 Å². The standard InChI is InChI=1S/C19H16N4OS2/c1-12-16-18(26-17(12)13-5-3-6-14(9-13)24-2)19(21-11-20-16)23-22-10-15-7-4-8-25-15/h3-11H,1-2H3,(H,20,21,23)/b22-10+. The highest BCUT2D eigenvalue weighted by Gasteiger charge is 2.15. The Morgan fingerprint density at radius 1 is 1.19 bits per heavy atom. The molecule has 3 heterocycles. The fourth-order valence-electron chi connectivity index (χ4n) is 2.66. The number of fused-ring (bicyclic) bond motifs is 1. The van der Waals surface area contributed by atoms with Crippen LogP contribution in [0, 0.1) is 6.92 Å². The molecule has 0 saturated heterocycles. The Labute approximate surface area is 159 Å². The number of aromatic nitrogens is 2. The minimum Gasteiger partial charge on any atom is -0.497 e. The molecule has 26 heavy (non-hydrogen) atoms. The van der Waals surface area contributed by atoms with Crippen LogP contribution in [0.15, 0.2) is 53.2 Å². The van der Waals surface area contributed by atoms with Crippen LogP contribution in [0.2, 0.25) is 0 Å². The third-order valence-electron chi connectivity index (χ3n) is 3.94. The van der Waals surface area contributed by atoms with E-state index in [9.17, 15) is 0 Å². The molecule has 1 aromatic carbocycles. The summed E-state index contributed by atoms with van der Waals surface area (Å²) in [6, 6.07) is 12.1. The van der Waals surface area contributed by atoms with E-state index >= 15 is 0 Å². The molecule has 0 aliphatic heterocycles. The Kier molecular flexibility index (Phi) is 4.64. The molecule has 0 atom stereocenters. The summed E-state index contributed by atoms with van der Waals surface area (Å²) in [7, 11) is 1.68. The van der Waals surface area contributed by atoms with Crippen LogP contribution in [-0.4, -0.2) is 23.3 Å². The summed E-state index contributed by atoms with van der Waals surface area (Å²) >= 11 is 3.29. The van der Waals surface area contributed by atoms with Crippen LogP contribution < -0.4 is 10.2 Å². The fourth-order valence-corrected chi connectivity index (χ4v) is 4.45. The first-order valence-electron chi connectivity index (χ1n) is 7.97. The minimum absolute atomic E-state index is 0.713. The van der Waals surface area contributed by atoms with Gasteiger partial charge in [0.2, 0.25) is 0 Å². The molecule has 0 unspecified atom stereocenters. The molecule has 0 bridgehead atoms. The molecule has 0 amide bonds. The predicted octanol–water partition coefficient (Wildman–Crippen LogP) is 5.18. The lowest BCUT2D eigenvalue weighted by Gasteiger charge is -2.03. The molecule has 0 spiro atoms. The van der Waals surface area contributed by atoms with E-state index in [0.29, 0.717) is 5.82 Å². The van der Waals surface area contributed by atoms with Gasteiger partial charge in [-0.15, -0.1) is 22.7 Å². The number of thiophene rings is 2. The number of aryl methyl sites for hydroxylation is 1. The van der Waals surface area contributed by atoms with E-state index in [1.807, 2.05) is 35.7 Å². The molecule has 0 fully saturated rings. The number of hydrazone groups is 1. The van der Waals surface area contributed by atoms with E-state index in [1.54, 1.807) is 42.3 Å². The van der Waals surface area contributed by atoms with Gasteiger partial charge < -0.3 is 4.74 Å². The van der Waals surface area contributed by atoms with Crippen molar-refractivity contribution in [2.24, 2.45) is 5.10 Å². The molecule has 4 rings (SSSR count). The Morgan fingerprint density at radius 3 is 2.92 bits per heavy atom. The second-order valence-electron chi connectivity index (χ2n) is 5.57. The number of ether oxygens (including phenoxy) is 1. The van der Waals surface area contributed by atoms with Crippen LogP contribution in [-0.2, 0) is 0 Å². The molecular formula is C19H16N4OS2. The molecular weight excluding hydrogens is 364 g/mol. The van der Waals surface area contributed by atoms with Gasteiger partial charge in [-0.3, -0.25) is 5.43 Å². The predicted molar refractivity (Wildman–Crippen MR) is 110 cm³/mol. The number of nitrogens with zero attached hydrogens (tertiary/aromatic N) is 3. The third-order valence-corrected chi connectivity index (χ3v) is 6.08. The van der Waals surface area contributed by atoms with Crippen LogP contribution in [0.25, 0.3) is 20.7 Å². The number of anilines is 1. The van der Waals surface area contributed by atoms with Crippen LogP contribution in [0.5, 0.6) is 5.75 Å². The second-order valence-corrected chi connectivity index (χ2v) is 7.57. The molecule has 7 heteroatoms. The summed E-state index contributed by atoms with van der Waals surface area (Å²) in [5.41, 5.74) is 6.23. The highest BCUT2D eigenvalue weighted by atomic mass is 32.1. The topological polar surface area (TPSA) is 59.4 Å². The zero-order valence-corrected chi connectivity index (χ0v) is 15.9. The van der Waals surface area contributed by atoms with Crippen LogP contribution in [0.1, 0.15) is 10.4 Å². The van der Waals surface area contributed by atoms with Crippen molar-refractivity contribution >= 4 is 44.9 Å². The molecule has 130 valence electrons. The van der Waals surface area contributed by atoms with Gasteiger partial charge in [0, 0.05) is 9.75 Å². The van der Waals surface area contributed by atoms with Gasteiger partial charge in [0.05, 0.1) is 23.5 Å². The van der Waals surface area contributed by atoms with E-state index in [4.69, 9.17) is 4.74 Å². The quantitative estimate of drug-likeness (QED) is 0.383. The maximum Gasteiger partial charge on any atom is 0.167 e. The first-order chi connectivity index (χ1) is 12.8. The van der Waals surface area contributed by atoms with Crippen LogP contribution >= 0.6 is 22.7 Å². The van der Waals surface area contributed by atoms with E-state index in [-0.39, 0.29) is 0 Å². The van der Waals surface area contributed by atoms with E-state index in [1.165, 1.54) is 0 Å². The van der Waals surface area contributed by atoms with Crippen LogP contribution in [0.4, 0.5) is 5.82 Å². The lowest BCUT2D eigenvalue weighted by molar-refractivity contribution is 0.415. The van der Waals surface area contributed by atoms with Gasteiger partial charge in [0.1, 0.15) is 12.1 Å². The van der Waals surface area contributed by atoms with Gasteiger partial charge in [0.15, 0.2) is 5.82 Å². The number of hydrogen-bond acceptors (Lipinski definition) is 7. The van der Waals surface area contributed by atoms with Crippen molar-refractivity contribution in [2.45, 2.75) is 6.92 Å². The lowest BCUT2D eigenvalue weighted by atomic mass is 10.1. The van der Waals surface area contributed by atoms with Crippen molar-refractivity contribution in [3.63, 3.8) is 0 Å². The summed E-state index contributed by atoms with van der Waals surface area (Å²) in [4.78, 5) is 11.1. The van der Waals surface area contributed by atoms with Crippen molar-refractivity contribution in [2.75, 3.05) is 12.5 Å². The summed E-state index contributed by atoms with van der Waals surface area (Å²) < 4.78 is 6.34. The summed E-state index contributed by atoms with van der Waals surface area (Å²) in [6.07, 6.45) is 3.36. The van der Waals surface area contributed by atoms with Crippen molar-refractivity contribution in [1.82, 2.24) is 9.97 Å². The summed E-state index contributed by atoms with van der Waals surface area (Å²) in [6.45, 7) is 2.08. The largest absolute Gasteiger partial charge is 0.497 e. The van der Waals surface area contributed by atoms with E-state index in [2.05, 4.69) is 33.5 Å². The number of rotatable bonds is 5. The molecule has 0 radical (unpaired) electrons. The highest BCUT2D eigenvalue weighted by molar-refractivity contribution is 7.23.